The molecule has 0 aliphatic carbocycles. The summed E-state index contributed by atoms with van der Waals surface area (Å²) in [5.74, 6) is 0.0504. The summed E-state index contributed by atoms with van der Waals surface area (Å²) in [6.07, 6.45) is 0. The highest BCUT2D eigenvalue weighted by Crippen LogP contribution is 2.18. The van der Waals surface area contributed by atoms with Crippen molar-refractivity contribution in [2.24, 2.45) is 0 Å². The molecule has 0 aromatic heterocycles. The zero-order chi connectivity index (χ0) is 13.0. The van der Waals surface area contributed by atoms with E-state index >= 15 is 0 Å². The zero-order valence-electron chi connectivity index (χ0n) is 10.5. The van der Waals surface area contributed by atoms with Crippen molar-refractivity contribution in [3.63, 3.8) is 0 Å². The quantitative estimate of drug-likeness (QED) is 0.891. The molecule has 0 radical (unpaired) electrons. The molecule has 0 bridgehead atoms. The minimum atomic E-state index is 0.0504. The summed E-state index contributed by atoms with van der Waals surface area (Å²) in [5, 5.41) is 6.21. The third-order valence-electron chi connectivity index (χ3n) is 2.90. The molecule has 1 aromatic carbocycles. The van der Waals surface area contributed by atoms with Crippen LogP contribution in [0.2, 0.25) is 0 Å². The highest BCUT2D eigenvalue weighted by Gasteiger charge is 2.13. The van der Waals surface area contributed by atoms with Crippen molar-refractivity contribution in [1.82, 2.24) is 10.2 Å². The van der Waals surface area contributed by atoms with Crippen LogP contribution in [-0.4, -0.2) is 43.5 Å². The fraction of sp³-hybridized carbons (Fsp3) is 0.462. The van der Waals surface area contributed by atoms with Crippen LogP contribution in [0, 0.1) is 6.92 Å². The minimum Gasteiger partial charge on any atom is -0.325 e. The number of nitrogens with zero attached hydrogens (tertiary/aromatic N) is 1. The van der Waals surface area contributed by atoms with Gasteiger partial charge < -0.3 is 10.6 Å². The van der Waals surface area contributed by atoms with Crippen LogP contribution >= 0.6 is 15.9 Å². The number of anilines is 1. The van der Waals surface area contributed by atoms with E-state index in [1.54, 1.807) is 0 Å². The van der Waals surface area contributed by atoms with E-state index in [-0.39, 0.29) is 5.91 Å². The summed E-state index contributed by atoms with van der Waals surface area (Å²) in [7, 11) is 0. The molecule has 2 N–H and O–H groups in total. The van der Waals surface area contributed by atoms with Gasteiger partial charge in [-0.05, 0) is 30.7 Å². The monoisotopic (exact) mass is 311 g/mol. The van der Waals surface area contributed by atoms with Crippen LogP contribution in [0.3, 0.4) is 0 Å². The first-order valence-electron chi connectivity index (χ1n) is 6.13. The number of hydrogen-bond acceptors (Lipinski definition) is 3. The standard InChI is InChI=1S/C13H18BrN3O/c1-10-6-11(14)8-12(7-10)16-13(18)9-17-4-2-15-3-5-17/h6-8,15H,2-5,9H2,1H3,(H,16,18). The third kappa shape index (κ3) is 4.08. The van der Waals surface area contributed by atoms with Crippen LogP contribution in [0.5, 0.6) is 0 Å². The lowest BCUT2D eigenvalue weighted by Crippen LogP contribution is -2.46. The predicted octanol–water partition coefficient (Wildman–Crippen LogP) is 1.60. The molecule has 1 aliphatic rings. The maximum Gasteiger partial charge on any atom is 0.238 e. The number of amides is 1. The molecule has 18 heavy (non-hydrogen) atoms. The molecule has 0 atom stereocenters. The molecule has 0 saturated carbocycles. The van der Waals surface area contributed by atoms with Gasteiger partial charge in [-0.25, -0.2) is 0 Å². The van der Waals surface area contributed by atoms with Crippen molar-refractivity contribution >= 4 is 27.5 Å². The van der Waals surface area contributed by atoms with Gasteiger partial charge in [-0.3, -0.25) is 9.69 Å². The summed E-state index contributed by atoms with van der Waals surface area (Å²) in [6, 6.07) is 5.91. The smallest absolute Gasteiger partial charge is 0.238 e. The van der Waals surface area contributed by atoms with Gasteiger partial charge >= 0.3 is 0 Å². The molecule has 1 saturated heterocycles. The van der Waals surface area contributed by atoms with E-state index in [1.165, 1.54) is 0 Å². The van der Waals surface area contributed by atoms with E-state index in [2.05, 4.69) is 31.5 Å². The second-order valence-corrected chi connectivity index (χ2v) is 5.51. The van der Waals surface area contributed by atoms with Gasteiger partial charge in [0.15, 0.2) is 0 Å². The molecular formula is C13H18BrN3O. The highest BCUT2D eigenvalue weighted by atomic mass is 79.9. The van der Waals surface area contributed by atoms with Gasteiger partial charge in [0.2, 0.25) is 5.91 Å². The second-order valence-electron chi connectivity index (χ2n) is 4.59. The Bertz CT molecular complexity index is 410. The number of aryl methyl sites for hydroxylation is 1. The van der Waals surface area contributed by atoms with Gasteiger partial charge in [0.05, 0.1) is 6.54 Å². The highest BCUT2D eigenvalue weighted by molar-refractivity contribution is 9.10. The number of benzene rings is 1. The molecule has 5 heteroatoms. The first kappa shape index (κ1) is 13.5. The van der Waals surface area contributed by atoms with Crippen molar-refractivity contribution in [3.8, 4) is 0 Å². The molecule has 1 aliphatic heterocycles. The fourth-order valence-electron chi connectivity index (χ4n) is 2.08. The molecule has 4 nitrogen and oxygen atoms in total. The summed E-state index contributed by atoms with van der Waals surface area (Å²) in [6.45, 7) is 6.27. The van der Waals surface area contributed by atoms with Crippen LogP contribution in [0.4, 0.5) is 5.69 Å². The van der Waals surface area contributed by atoms with Crippen molar-refractivity contribution in [1.29, 1.82) is 0 Å². The second kappa shape index (κ2) is 6.31. The van der Waals surface area contributed by atoms with Crippen molar-refractivity contribution < 1.29 is 4.79 Å². The van der Waals surface area contributed by atoms with E-state index in [4.69, 9.17) is 0 Å². The lowest BCUT2D eigenvalue weighted by Gasteiger charge is -2.26. The summed E-state index contributed by atoms with van der Waals surface area (Å²) in [4.78, 5) is 14.1. The number of carbonyl (C=O) groups is 1. The average Bonchev–Trinajstić information content (AvgIpc) is 2.28. The van der Waals surface area contributed by atoms with Crippen LogP contribution in [0.25, 0.3) is 0 Å². The van der Waals surface area contributed by atoms with Gasteiger partial charge in [0.1, 0.15) is 0 Å². The van der Waals surface area contributed by atoms with Crippen LogP contribution in [0.15, 0.2) is 22.7 Å². The first-order chi connectivity index (χ1) is 8.63. The lowest BCUT2D eigenvalue weighted by atomic mass is 10.2. The molecule has 1 aromatic rings. The van der Waals surface area contributed by atoms with Gasteiger partial charge in [0.25, 0.3) is 0 Å². The molecule has 1 fully saturated rings. The number of rotatable bonds is 3. The molecule has 0 spiro atoms. The maximum absolute atomic E-state index is 11.9. The zero-order valence-corrected chi connectivity index (χ0v) is 12.1. The van der Waals surface area contributed by atoms with E-state index in [1.807, 2.05) is 25.1 Å². The predicted molar refractivity (Wildman–Crippen MR) is 76.8 cm³/mol. The maximum atomic E-state index is 11.9. The SMILES string of the molecule is Cc1cc(Br)cc(NC(=O)CN2CCNCC2)c1. The molecule has 1 amide bonds. The largest absolute Gasteiger partial charge is 0.325 e. The van der Waals surface area contributed by atoms with Crippen LogP contribution < -0.4 is 10.6 Å². The number of nitrogens with one attached hydrogen (secondary N) is 2. The summed E-state index contributed by atoms with van der Waals surface area (Å²) < 4.78 is 0.986. The molecule has 0 unspecified atom stereocenters. The lowest BCUT2D eigenvalue weighted by molar-refractivity contribution is -0.117. The molecule has 98 valence electrons. The van der Waals surface area contributed by atoms with Crippen molar-refractivity contribution in [2.75, 3.05) is 38.0 Å². The fourth-order valence-corrected chi connectivity index (χ4v) is 2.69. The van der Waals surface area contributed by atoms with Gasteiger partial charge in [-0.1, -0.05) is 15.9 Å². The van der Waals surface area contributed by atoms with E-state index in [9.17, 15) is 4.79 Å². The van der Waals surface area contributed by atoms with E-state index in [0.717, 1.165) is 41.9 Å². The number of hydrogen-bond donors (Lipinski definition) is 2. The topological polar surface area (TPSA) is 44.4 Å². The van der Waals surface area contributed by atoms with E-state index in [0.29, 0.717) is 6.54 Å². The van der Waals surface area contributed by atoms with Gasteiger partial charge in [-0.15, -0.1) is 0 Å². The summed E-state index contributed by atoms with van der Waals surface area (Å²) in [5.41, 5.74) is 1.98. The number of carbonyl (C=O) groups excluding carboxylic acids is 1. The third-order valence-corrected chi connectivity index (χ3v) is 3.36. The Morgan fingerprint density at radius 2 is 2.11 bits per heavy atom. The molecular weight excluding hydrogens is 294 g/mol. The molecule has 2 rings (SSSR count). The van der Waals surface area contributed by atoms with Crippen LogP contribution in [-0.2, 0) is 4.79 Å². The Kier molecular flexibility index (Phi) is 4.74. The Hall–Kier alpha value is -0.910. The minimum absolute atomic E-state index is 0.0504. The Morgan fingerprint density at radius 1 is 1.39 bits per heavy atom. The average molecular weight is 312 g/mol. The Morgan fingerprint density at radius 3 is 2.78 bits per heavy atom. The Labute approximate surface area is 116 Å². The van der Waals surface area contributed by atoms with Gasteiger partial charge in [-0.2, -0.15) is 0 Å². The number of halogens is 1. The normalized spacial score (nSPS) is 16.6. The van der Waals surface area contributed by atoms with Crippen molar-refractivity contribution in [3.05, 3.63) is 28.2 Å². The van der Waals surface area contributed by atoms with E-state index < -0.39 is 0 Å². The number of piperazine rings is 1. The van der Waals surface area contributed by atoms with Crippen LogP contribution in [0.1, 0.15) is 5.56 Å². The van der Waals surface area contributed by atoms with Gasteiger partial charge in [0, 0.05) is 36.3 Å². The Balaban J connectivity index is 1.89. The summed E-state index contributed by atoms with van der Waals surface area (Å²) >= 11 is 3.43. The first-order valence-corrected chi connectivity index (χ1v) is 6.93. The molecule has 1 heterocycles. The van der Waals surface area contributed by atoms with Crippen molar-refractivity contribution in [2.45, 2.75) is 6.92 Å².